The zero-order valence-electron chi connectivity index (χ0n) is 10.1. The van der Waals surface area contributed by atoms with Gasteiger partial charge in [0.05, 0.1) is 20.3 Å². The van der Waals surface area contributed by atoms with Crippen LogP contribution in [0.1, 0.15) is 0 Å². The van der Waals surface area contributed by atoms with Crippen LogP contribution in [0.3, 0.4) is 0 Å². The second kappa shape index (κ2) is 4.20. The quantitative estimate of drug-likeness (QED) is 0.565. The van der Waals surface area contributed by atoms with Crippen LogP contribution in [0.4, 0.5) is 0 Å². The van der Waals surface area contributed by atoms with E-state index in [1.54, 1.807) is 0 Å². The lowest BCUT2D eigenvalue weighted by Crippen LogP contribution is -2.44. The number of carbonyl (C=O) groups is 2. The van der Waals surface area contributed by atoms with Crippen molar-refractivity contribution in [2.75, 3.05) is 14.2 Å². The highest BCUT2D eigenvalue weighted by Gasteiger charge is 2.68. The Morgan fingerprint density at radius 1 is 1.28 bits per heavy atom. The second-order valence-electron chi connectivity index (χ2n) is 4.24. The topological polar surface area (TPSA) is 61.8 Å². The van der Waals surface area contributed by atoms with E-state index >= 15 is 0 Å². The van der Waals surface area contributed by atoms with E-state index in [9.17, 15) is 9.59 Å². The van der Waals surface area contributed by atoms with E-state index in [-0.39, 0.29) is 0 Å². The van der Waals surface area contributed by atoms with Crippen LogP contribution in [0.25, 0.3) is 0 Å². The van der Waals surface area contributed by atoms with Crippen molar-refractivity contribution < 1.29 is 23.8 Å². The number of esters is 2. The van der Waals surface area contributed by atoms with Crippen LogP contribution >= 0.6 is 15.9 Å². The summed E-state index contributed by atoms with van der Waals surface area (Å²) in [5.41, 5.74) is 1.16. The lowest BCUT2D eigenvalue weighted by molar-refractivity contribution is -0.157. The molecule has 2 heterocycles. The fourth-order valence-corrected chi connectivity index (χ4v) is 3.42. The average Bonchev–Trinajstić information content (AvgIpc) is 2.79. The van der Waals surface area contributed by atoms with E-state index in [1.165, 1.54) is 14.2 Å². The Labute approximate surface area is 113 Å². The van der Waals surface area contributed by atoms with Gasteiger partial charge in [0.2, 0.25) is 0 Å². The van der Waals surface area contributed by atoms with E-state index in [0.717, 1.165) is 0 Å². The molecule has 2 rings (SSSR count). The molecule has 0 spiro atoms. The minimum absolute atomic E-state index is 0.523. The first-order valence-electron chi connectivity index (χ1n) is 5.29. The highest BCUT2D eigenvalue weighted by molar-refractivity contribution is 9.10. The van der Waals surface area contributed by atoms with E-state index < -0.39 is 34.4 Å². The van der Waals surface area contributed by atoms with Crippen molar-refractivity contribution >= 4 is 27.9 Å². The van der Waals surface area contributed by atoms with Crippen molar-refractivity contribution in [2.45, 2.75) is 10.6 Å². The van der Waals surface area contributed by atoms with Crippen LogP contribution in [-0.2, 0) is 23.8 Å². The van der Waals surface area contributed by atoms with E-state index in [2.05, 4.69) is 29.1 Å². The van der Waals surface area contributed by atoms with Gasteiger partial charge in [-0.1, -0.05) is 13.2 Å². The molecule has 6 heteroatoms. The molecule has 2 saturated heterocycles. The summed E-state index contributed by atoms with van der Waals surface area (Å²) in [7, 11) is 2.53. The zero-order valence-corrected chi connectivity index (χ0v) is 11.7. The van der Waals surface area contributed by atoms with E-state index in [1.807, 2.05) is 0 Å². The second-order valence-corrected chi connectivity index (χ2v) is 5.42. The van der Waals surface area contributed by atoms with Crippen molar-refractivity contribution in [2.24, 2.45) is 11.8 Å². The number of rotatable bonds is 2. The molecule has 0 saturated carbocycles. The summed E-state index contributed by atoms with van der Waals surface area (Å²) in [6, 6.07) is 0. The first-order valence-corrected chi connectivity index (χ1v) is 6.08. The fraction of sp³-hybridized carbons (Fsp3) is 0.500. The predicted octanol–water partition coefficient (Wildman–Crippen LogP) is 1.18. The minimum Gasteiger partial charge on any atom is -0.469 e. The van der Waals surface area contributed by atoms with Gasteiger partial charge in [-0.05, 0) is 27.1 Å². The Kier molecular flexibility index (Phi) is 3.11. The molecule has 0 N–H and O–H groups in total. The maximum absolute atomic E-state index is 11.9. The maximum Gasteiger partial charge on any atom is 0.313 e. The molecule has 2 aliphatic rings. The van der Waals surface area contributed by atoms with E-state index in [0.29, 0.717) is 11.1 Å². The highest BCUT2D eigenvalue weighted by Crippen LogP contribution is 2.59. The maximum atomic E-state index is 11.9. The van der Waals surface area contributed by atoms with Gasteiger partial charge in [0.1, 0.15) is 11.8 Å². The molecule has 0 aliphatic carbocycles. The van der Waals surface area contributed by atoms with Gasteiger partial charge in [-0.15, -0.1) is 0 Å². The Morgan fingerprint density at radius 2 is 1.83 bits per heavy atom. The Balaban J connectivity index is 2.47. The summed E-state index contributed by atoms with van der Waals surface area (Å²) in [4.78, 5) is 23.7. The number of alkyl halides is 1. The van der Waals surface area contributed by atoms with Crippen LogP contribution in [-0.4, -0.2) is 36.8 Å². The zero-order chi connectivity index (χ0) is 13.7. The monoisotopic (exact) mass is 316 g/mol. The average molecular weight is 317 g/mol. The lowest BCUT2D eigenvalue weighted by atomic mass is 9.75. The number of ether oxygens (including phenoxy) is 3. The molecule has 18 heavy (non-hydrogen) atoms. The van der Waals surface area contributed by atoms with Crippen LogP contribution < -0.4 is 0 Å². The first-order chi connectivity index (χ1) is 8.38. The number of hydrogen-bond acceptors (Lipinski definition) is 5. The predicted molar refractivity (Wildman–Crippen MR) is 65.8 cm³/mol. The SMILES string of the molecule is C=C1C(=C)[C@@]2(Br)O[C@@H]1[C@@H](C(=O)OC)[C@H]2C(=O)OC. The molecule has 2 aliphatic heterocycles. The van der Waals surface area contributed by atoms with Gasteiger partial charge < -0.3 is 14.2 Å². The molecule has 0 aromatic heterocycles. The molecule has 5 nitrogen and oxygen atoms in total. The molecule has 2 fully saturated rings. The van der Waals surface area contributed by atoms with Crippen molar-refractivity contribution in [3.63, 3.8) is 0 Å². The molecular formula is C12H13BrO5. The lowest BCUT2D eigenvalue weighted by Gasteiger charge is -2.31. The largest absolute Gasteiger partial charge is 0.469 e. The molecule has 2 bridgehead atoms. The van der Waals surface area contributed by atoms with Crippen LogP contribution in [0.5, 0.6) is 0 Å². The van der Waals surface area contributed by atoms with Crippen molar-refractivity contribution in [3.05, 3.63) is 24.3 Å². The van der Waals surface area contributed by atoms with Gasteiger partial charge in [0.15, 0.2) is 4.51 Å². The van der Waals surface area contributed by atoms with Gasteiger partial charge in [-0.25, -0.2) is 0 Å². The summed E-state index contributed by atoms with van der Waals surface area (Å²) in [5.74, 6) is -2.65. The Morgan fingerprint density at radius 3 is 2.33 bits per heavy atom. The fourth-order valence-electron chi connectivity index (χ4n) is 2.50. The van der Waals surface area contributed by atoms with Gasteiger partial charge in [-0.2, -0.15) is 0 Å². The molecular weight excluding hydrogens is 304 g/mol. The normalized spacial score (nSPS) is 37.8. The summed E-state index contributed by atoms with van der Waals surface area (Å²) in [6.07, 6.45) is -0.603. The highest BCUT2D eigenvalue weighted by atomic mass is 79.9. The minimum atomic E-state index is -1.12. The summed E-state index contributed by atoms with van der Waals surface area (Å²) >= 11 is 3.35. The molecule has 0 radical (unpaired) electrons. The van der Waals surface area contributed by atoms with Crippen LogP contribution in [0.15, 0.2) is 24.3 Å². The van der Waals surface area contributed by atoms with Gasteiger partial charge >= 0.3 is 11.9 Å². The first kappa shape index (κ1) is 13.3. The number of halogens is 1. The van der Waals surface area contributed by atoms with Crippen molar-refractivity contribution in [1.82, 2.24) is 0 Å². The summed E-state index contributed by atoms with van der Waals surface area (Å²) in [6.45, 7) is 7.68. The third-order valence-corrected chi connectivity index (χ3v) is 4.61. The Hall–Kier alpha value is -1.14. The summed E-state index contributed by atoms with van der Waals surface area (Å²) < 4.78 is 14.0. The molecule has 0 aromatic carbocycles. The van der Waals surface area contributed by atoms with E-state index in [4.69, 9.17) is 14.2 Å². The number of carbonyl (C=O) groups excluding carboxylic acids is 2. The number of fused-ring (bicyclic) bond motifs is 2. The third-order valence-electron chi connectivity index (χ3n) is 3.45. The van der Waals surface area contributed by atoms with Gasteiger partial charge in [-0.3, -0.25) is 9.59 Å². The van der Waals surface area contributed by atoms with Crippen LogP contribution in [0.2, 0.25) is 0 Å². The molecule has 4 atom stereocenters. The number of hydrogen-bond donors (Lipinski definition) is 0. The summed E-state index contributed by atoms with van der Waals surface area (Å²) in [5, 5.41) is 0. The van der Waals surface area contributed by atoms with Gasteiger partial charge in [0, 0.05) is 0 Å². The standard InChI is InChI=1S/C12H13BrO5/c1-5-6(2)12(13)8(11(15)17-4)7(9(5)18-12)10(14)16-3/h7-9H,1-2H2,3-4H3/t7-,8-,9-,12+/m0/s1. The molecule has 0 unspecified atom stereocenters. The molecule has 0 amide bonds. The molecule has 0 aromatic rings. The third kappa shape index (κ3) is 1.48. The van der Waals surface area contributed by atoms with Crippen molar-refractivity contribution in [3.8, 4) is 0 Å². The van der Waals surface area contributed by atoms with Crippen LogP contribution in [0, 0.1) is 11.8 Å². The molecule has 98 valence electrons. The Bertz CT molecular complexity index is 457. The number of methoxy groups -OCH3 is 2. The van der Waals surface area contributed by atoms with Crippen molar-refractivity contribution in [1.29, 1.82) is 0 Å². The smallest absolute Gasteiger partial charge is 0.313 e. The van der Waals surface area contributed by atoms with Gasteiger partial charge in [0.25, 0.3) is 0 Å².